The first-order valence-electron chi connectivity index (χ1n) is 13.1. The van der Waals surface area contributed by atoms with Gasteiger partial charge in [-0.2, -0.15) is 0 Å². The molecule has 1 fully saturated rings. The van der Waals surface area contributed by atoms with Gasteiger partial charge in [0.05, 0.1) is 13.2 Å². The lowest BCUT2D eigenvalue weighted by Gasteiger charge is -2.32. The van der Waals surface area contributed by atoms with E-state index in [1.165, 1.54) is 21.5 Å². The molecule has 1 aliphatic heterocycles. The summed E-state index contributed by atoms with van der Waals surface area (Å²) in [4.78, 5) is 0. The van der Waals surface area contributed by atoms with Crippen LogP contribution in [0.15, 0.2) is 72.8 Å². The van der Waals surface area contributed by atoms with Crippen LogP contribution in [0.1, 0.15) is 25.7 Å². The van der Waals surface area contributed by atoms with E-state index in [1.54, 1.807) is 0 Å². The van der Waals surface area contributed by atoms with E-state index in [-0.39, 0.29) is 0 Å². The summed E-state index contributed by atoms with van der Waals surface area (Å²) in [6.45, 7) is 1.29. The van der Waals surface area contributed by atoms with Gasteiger partial charge in [-0.15, -0.1) is 6.42 Å². The number of ether oxygens (including phenoxy) is 2. The molecule has 1 heterocycles. The maximum atomic E-state index is 6.66. The molecule has 0 saturated heterocycles. The lowest BCUT2D eigenvalue weighted by Crippen LogP contribution is -2.30. The van der Waals surface area contributed by atoms with Gasteiger partial charge < -0.3 is 9.47 Å². The Morgan fingerprint density at radius 1 is 0.595 bits per heavy atom. The summed E-state index contributed by atoms with van der Waals surface area (Å²) in [7, 11) is 0. The summed E-state index contributed by atoms with van der Waals surface area (Å²) >= 11 is 0. The third kappa shape index (κ3) is 4.62. The molecular formula is C35H28O2. The Morgan fingerprint density at radius 3 is 1.73 bits per heavy atom. The standard InChI is InChI=1S/C35H28O2/c1-2-3-4-5-10-25-15-17-26(18-16-25)29-23-36-32-21-19-27-11-6-8-13-30(27)34(32)35-31-14-9-7-12-28(31)20-22-33(35)37-24-29/h1,6-9,11-14,19-22,25-26,29H,15-18,23-24H2. The number of hydrogen-bond acceptors (Lipinski definition) is 2. The van der Waals surface area contributed by atoms with E-state index in [0.717, 1.165) is 48.3 Å². The topological polar surface area (TPSA) is 18.5 Å². The number of benzene rings is 4. The normalized spacial score (nSPS) is 19.1. The molecule has 2 nitrogen and oxygen atoms in total. The van der Waals surface area contributed by atoms with Gasteiger partial charge in [-0.25, -0.2) is 0 Å². The maximum Gasteiger partial charge on any atom is 0.127 e. The summed E-state index contributed by atoms with van der Waals surface area (Å²) in [6, 6.07) is 25.7. The quantitative estimate of drug-likeness (QED) is 0.263. The molecule has 180 valence electrons. The average Bonchev–Trinajstić information content (AvgIpc) is 3.03. The Balaban J connectivity index is 1.36. The first-order chi connectivity index (χ1) is 18.3. The zero-order valence-corrected chi connectivity index (χ0v) is 20.8. The van der Waals surface area contributed by atoms with Crippen molar-refractivity contribution >= 4 is 21.5 Å². The molecule has 0 radical (unpaired) electrons. The molecule has 6 rings (SSSR count). The van der Waals surface area contributed by atoms with Gasteiger partial charge in [0.1, 0.15) is 11.5 Å². The molecule has 0 unspecified atom stereocenters. The third-order valence-corrected chi connectivity index (χ3v) is 7.85. The van der Waals surface area contributed by atoms with Crippen molar-refractivity contribution in [1.82, 2.24) is 0 Å². The lowest BCUT2D eigenvalue weighted by atomic mass is 9.76. The van der Waals surface area contributed by atoms with Crippen molar-refractivity contribution in [3.8, 4) is 58.7 Å². The van der Waals surface area contributed by atoms with Crippen molar-refractivity contribution in [3.05, 3.63) is 72.8 Å². The monoisotopic (exact) mass is 480 g/mol. The Bertz CT molecular complexity index is 1540. The van der Waals surface area contributed by atoms with Crippen LogP contribution in [-0.4, -0.2) is 13.2 Å². The minimum Gasteiger partial charge on any atom is -0.492 e. The van der Waals surface area contributed by atoms with E-state index in [4.69, 9.17) is 15.9 Å². The summed E-state index contributed by atoms with van der Waals surface area (Å²) in [5.74, 6) is 16.9. The van der Waals surface area contributed by atoms with Crippen LogP contribution >= 0.6 is 0 Å². The highest BCUT2D eigenvalue weighted by molar-refractivity contribution is 6.09. The number of fused-ring (bicyclic) bond motifs is 7. The lowest BCUT2D eigenvalue weighted by molar-refractivity contribution is 0.105. The summed E-state index contributed by atoms with van der Waals surface area (Å²) in [5, 5.41) is 4.77. The van der Waals surface area contributed by atoms with Crippen LogP contribution in [0.25, 0.3) is 32.7 Å². The molecule has 0 atom stereocenters. The Hall–Kier alpha value is -4.32. The van der Waals surface area contributed by atoms with Gasteiger partial charge in [0.15, 0.2) is 0 Å². The first kappa shape index (κ1) is 23.1. The van der Waals surface area contributed by atoms with E-state index < -0.39 is 0 Å². The predicted molar refractivity (Wildman–Crippen MR) is 151 cm³/mol. The molecule has 0 amide bonds. The highest BCUT2D eigenvalue weighted by Crippen LogP contribution is 2.47. The van der Waals surface area contributed by atoms with E-state index in [0.29, 0.717) is 31.0 Å². The number of rotatable bonds is 1. The molecule has 2 heteroatoms. The molecule has 37 heavy (non-hydrogen) atoms. The Kier molecular flexibility index (Phi) is 6.46. The van der Waals surface area contributed by atoms with Crippen LogP contribution in [-0.2, 0) is 0 Å². The van der Waals surface area contributed by atoms with Crippen molar-refractivity contribution in [1.29, 1.82) is 0 Å². The van der Waals surface area contributed by atoms with Crippen LogP contribution in [0, 0.1) is 53.8 Å². The van der Waals surface area contributed by atoms with Gasteiger partial charge >= 0.3 is 0 Å². The molecule has 4 aromatic carbocycles. The van der Waals surface area contributed by atoms with Crippen LogP contribution < -0.4 is 9.47 Å². The van der Waals surface area contributed by atoms with Crippen molar-refractivity contribution in [2.24, 2.45) is 17.8 Å². The van der Waals surface area contributed by atoms with Crippen molar-refractivity contribution < 1.29 is 9.47 Å². The fourth-order valence-electron chi connectivity index (χ4n) is 5.91. The fraction of sp³-hybridized carbons (Fsp3) is 0.257. The smallest absolute Gasteiger partial charge is 0.127 e. The van der Waals surface area contributed by atoms with Crippen molar-refractivity contribution in [2.75, 3.05) is 13.2 Å². The van der Waals surface area contributed by atoms with Crippen molar-refractivity contribution in [3.63, 3.8) is 0 Å². The molecule has 0 bridgehead atoms. The molecule has 0 N–H and O–H groups in total. The van der Waals surface area contributed by atoms with Crippen LogP contribution in [0.5, 0.6) is 11.5 Å². The second-order valence-electron chi connectivity index (χ2n) is 9.98. The molecule has 1 aliphatic carbocycles. The maximum absolute atomic E-state index is 6.66. The number of hydrogen-bond donors (Lipinski definition) is 0. The highest BCUT2D eigenvalue weighted by Gasteiger charge is 2.30. The third-order valence-electron chi connectivity index (χ3n) is 7.85. The van der Waals surface area contributed by atoms with E-state index in [1.807, 2.05) is 0 Å². The molecule has 4 aromatic rings. The fourth-order valence-corrected chi connectivity index (χ4v) is 5.91. The van der Waals surface area contributed by atoms with Gasteiger partial charge in [-0.05, 0) is 89.0 Å². The minimum atomic E-state index is 0.312. The van der Waals surface area contributed by atoms with E-state index in [2.05, 4.69) is 102 Å². The summed E-state index contributed by atoms with van der Waals surface area (Å²) in [6.07, 6.45) is 9.58. The van der Waals surface area contributed by atoms with Crippen LogP contribution in [0.4, 0.5) is 0 Å². The minimum absolute atomic E-state index is 0.312. The SMILES string of the molecule is C#CC#CC#CC1CCC(C2COc3ccc4ccccc4c3-c3c(ccc4ccccc34)OC2)CC1. The molecule has 0 aromatic heterocycles. The second kappa shape index (κ2) is 10.3. The Labute approximate surface area is 219 Å². The van der Waals surface area contributed by atoms with Crippen molar-refractivity contribution in [2.45, 2.75) is 25.7 Å². The Morgan fingerprint density at radius 2 is 1.16 bits per heavy atom. The van der Waals surface area contributed by atoms with Gasteiger partial charge in [0.25, 0.3) is 0 Å². The second-order valence-corrected chi connectivity index (χ2v) is 9.98. The van der Waals surface area contributed by atoms with Gasteiger partial charge in [0, 0.05) is 23.0 Å². The molecular weight excluding hydrogens is 452 g/mol. The first-order valence-corrected chi connectivity index (χ1v) is 13.1. The predicted octanol–water partition coefficient (Wildman–Crippen LogP) is 7.49. The van der Waals surface area contributed by atoms with Gasteiger partial charge in [0.2, 0.25) is 0 Å². The van der Waals surface area contributed by atoms with Gasteiger partial charge in [-0.3, -0.25) is 0 Å². The largest absolute Gasteiger partial charge is 0.492 e. The van der Waals surface area contributed by atoms with Crippen LogP contribution in [0.2, 0.25) is 0 Å². The zero-order valence-electron chi connectivity index (χ0n) is 20.8. The van der Waals surface area contributed by atoms with Gasteiger partial charge in [-0.1, -0.05) is 66.6 Å². The summed E-state index contributed by atoms with van der Waals surface area (Å²) < 4.78 is 13.3. The zero-order chi connectivity index (χ0) is 25.0. The number of terminal acetylenes is 1. The highest BCUT2D eigenvalue weighted by atomic mass is 16.5. The summed E-state index contributed by atoms with van der Waals surface area (Å²) in [5.41, 5.74) is 2.25. The molecule has 1 saturated carbocycles. The molecule has 2 aliphatic rings. The average molecular weight is 481 g/mol. The molecule has 0 spiro atoms. The van der Waals surface area contributed by atoms with Crippen LogP contribution in [0.3, 0.4) is 0 Å². The van der Waals surface area contributed by atoms with E-state index in [9.17, 15) is 0 Å². The van der Waals surface area contributed by atoms with E-state index >= 15 is 0 Å².